The Hall–Kier alpha value is -1.29. The van der Waals surface area contributed by atoms with Crippen LogP contribution in [0.2, 0.25) is 5.02 Å². The molecule has 0 saturated carbocycles. The minimum absolute atomic E-state index is 0.777. The normalized spacial score (nSPS) is 10.7. The van der Waals surface area contributed by atoms with Crippen molar-refractivity contribution in [1.29, 1.82) is 0 Å². The maximum atomic E-state index is 5.98. The van der Waals surface area contributed by atoms with Crippen molar-refractivity contribution in [3.63, 3.8) is 0 Å². The van der Waals surface area contributed by atoms with Gasteiger partial charge in [0.25, 0.3) is 0 Å². The smallest absolute Gasteiger partial charge is 0.104 e. The monoisotopic (exact) mass is 317 g/mol. The summed E-state index contributed by atoms with van der Waals surface area (Å²) in [6.07, 6.45) is 0. The quantitative estimate of drug-likeness (QED) is 0.568. The summed E-state index contributed by atoms with van der Waals surface area (Å²) >= 11 is 9.45. The predicted octanol–water partition coefficient (Wildman–Crippen LogP) is 5.76. The maximum absolute atomic E-state index is 5.98. The predicted molar refractivity (Wildman–Crippen MR) is 88.6 cm³/mol. The lowest BCUT2D eigenvalue weighted by atomic mass is 10.2. The van der Waals surface area contributed by atoms with Gasteiger partial charge in [-0.3, -0.25) is 0 Å². The Morgan fingerprint density at radius 3 is 2.70 bits per heavy atom. The van der Waals surface area contributed by atoms with Crippen LogP contribution in [0.25, 0.3) is 11.3 Å². The van der Waals surface area contributed by atoms with E-state index in [4.69, 9.17) is 11.6 Å². The molecule has 4 heteroatoms. The molecule has 2 aromatic carbocycles. The highest BCUT2D eigenvalue weighted by molar-refractivity contribution is 7.98. The molecule has 0 amide bonds. The van der Waals surface area contributed by atoms with Gasteiger partial charge >= 0.3 is 0 Å². The topological polar surface area (TPSA) is 12.9 Å². The number of thiazole rings is 1. The number of thioether (sulfide) groups is 1. The number of rotatable bonds is 4. The van der Waals surface area contributed by atoms with Crippen LogP contribution in [0.4, 0.5) is 0 Å². The molecule has 0 fully saturated rings. The van der Waals surface area contributed by atoms with Crippen LogP contribution < -0.4 is 0 Å². The molecular weight excluding hydrogens is 306 g/mol. The van der Waals surface area contributed by atoms with Crippen LogP contribution in [-0.4, -0.2) is 4.98 Å². The van der Waals surface area contributed by atoms with Gasteiger partial charge in [0.2, 0.25) is 0 Å². The molecule has 0 N–H and O–H groups in total. The second-order valence-electron chi connectivity index (χ2n) is 4.24. The molecule has 0 aliphatic heterocycles. The van der Waals surface area contributed by atoms with E-state index in [-0.39, 0.29) is 0 Å². The SMILES string of the molecule is Clc1cccc(SCc2nc(-c3ccccc3)cs2)c1. The van der Waals surface area contributed by atoms with Crippen molar-refractivity contribution in [1.82, 2.24) is 4.98 Å². The zero-order valence-corrected chi connectivity index (χ0v) is 13.0. The number of hydrogen-bond donors (Lipinski definition) is 0. The van der Waals surface area contributed by atoms with Crippen molar-refractivity contribution in [2.45, 2.75) is 10.6 Å². The second kappa shape index (κ2) is 6.44. The fraction of sp³-hybridized carbons (Fsp3) is 0.0625. The first-order chi connectivity index (χ1) is 9.81. The highest BCUT2D eigenvalue weighted by Crippen LogP contribution is 2.28. The van der Waals surface area contributed by atoms with Crippen molar-refractivity contribution in [3.8, 4) is 11.3 Å². The lowest BCUT2D eigenvalue weighted by Gasteiger charge is -1.99. The Bertz CT molecular complexity index is 694. The van der Waals surface area contributed by atoms with Crippen LogP contribution in [0.5, 0.6) is 0 Å². The summed E-state index contributed by atoms with van der Waals surface area (Å²) in [4.78, 5) is 5.86. The van der Waals surface area contributed by atoms with E-state index in [9.17, 15) is 0 Å². The Labute approximate surface area is 131 Å². The number of nitrogens with zero attached hydrogens (tertiary/aromatic N) is 1. The van der Waals surface area contributed by atoms with Crippen molar-refractivity contribution in [2.24, 2.45) is 0 Å². The third-order valence-electron chi connectivity index (χ3n) is 2.78. The van der Waals surface area contributed by atoms with E-state index < -0.39 is 0 Å². The zero-order chi connectivity index (χ0) is 13.8. The summed E-state index contributed by atoms with van der Waals surface area (Å²) in [5, 5.41) is 4.02. The third-order valence-corrected chi connectivity index (χ3v) is 5.05. The molecule has 3 rings (SSSR count). The Balaban J connectivity index is 1.69. The van der Waals surface area contributed by atoms with Gasteiger partial charge in [-0.05, 0) is 18.2 Å². The summed E-state index contributed by atoms with van der Waals surface area (Å²) in [5.74, 6) is 0.873. The molecule has 0 aliphatic rings. The summed E-state index contributed by atoms with van der Waals surface area (Å²) in [5.41, 5.74) is 2.22. The molecule has 0 aliphatic carbocycles. The molecule has 1 nitrogen and oxygen atoms in total. The van der Waals surface area contributed by atoms with Gasteiger partial charge in [-0.1, -0.05) is 48.0 Å². The van der Waals surface area contributed by atoms with Gasteiger partial charge in [0.1, 0.15) is 5.01 Å². The lowest BCUT2D eigenvalue weighted by molar-refractivity contribution is 1.26. The molecule has 0 saturated heterocycles. The minimum atomic E-state index is 0.777. The van der Waals surface area contributed by atoms with Gasteiger partial charge in [-0.2, -0.15) is 0 Å². The van der Waals surface area contributed by atoms with Crippen molar-refractivity contribution in [2.75, 3.05) is 0 Å². The van der Waals surface area contributed by atoms with E-state index in [1.807, 2.05) is 36.4 Å². The highest BCUT2D eigenvalue weighted by atomic mass is 35.5. The van der Waals surface area contributed by atoms with Gasteiger partial charge in [0, 0.05) is 20.9 Å². The van der Waals surface area contributed by atoms with Crippen molar-refractivity contribution < 1.29 is 0 Å². The van der Waals surface area contributed by atoms with Gasteiger partial charge in [-0.15, -0.1) is 23.1 Å². The summed E-state index contributed by atoms with van der Waals surface area (Å²) < 4.78 is 0. The van der Waals surface area contributed by atoms with E-state index in [1.54, 1.807) is 23.1 Å². The molecule has 0 atom stereocenters. The summed E-state index contributed by atoms with van der Waals surface area (Å²) in [6.45, 7) is 0. The standard InChI is InChI=1S/C16H12ClNS2/c17-13-7-4-8-14(9-13)19-11-16-18-15(10-20-16)12-5-2-1-3-6-12/h1-10H,11H2. The van der Waals surface area contributed by atoms with E-state index in [0.29, 0.717) is 0 Å². The molecule has 20 heavy (non-hydrogen) atoms. The minimum Gasteiger partial charge on any atom is -0.240 e. The fourth-order valence-electron chi connectivity index (χ4n) is 1.82. The van der Waals surface area contributed by atoms with Crippen LogP contribution in [-0.2, 0) is 5.75 Å². The molecule has 0 bridgehead atoms. The van der Waals surface area contributed by atoms with E-state index in [2.05, 4.69) is 28.6 Å². The van der Waals surface area contributed by atoms with Crippen LogP contribution >= 0.6 is 34.7 Å². The van der Waals surface area contributed by atoms with Crippen LogP contribution in [0.15, 0.2) is 64.9 Å². The number of halogens is 1. The van der Waals surface area contributed by atoms with E-state index in [1.165, 1.54) is 10.5 Å². The van der Waals surface area contributed by atoms with Gasteiger partial charge < -0.3 is 0 Å². The molecule has 1 heterocycles. The van der Waals surface area contributed by atoms with Gasteiger partial charge in [0.05, 0.1) is 11.4 Å². The Kier molecular flexibility index (Phi) is 4.41. The summed E-state index contributed by atoms with van der Waals surface area (Å²) in [6, 6.07) is 18.2. The third kappa shape index (κ3) is 3.42. The number of hydrogen-bond acceptors (Lipinski definition) is 3. The molecule has 0 unspecified atom stereocenters. The van der Waals surface area contributed by atoms with E-state index >= 15 is 0 Å². The zero-order valence-electron chi connectivity index (χ0n) is 10.6. The summed E-state index contributed by atoms with van der Waals surface area (Å²) in [7, 11) is 0. The Morgan fingerprint density at radius 1 is 1.05 bits per heavy atom. The largest absolute Gasteiger partial charge is 0.240 e. The molecular formula is C16H12ClNS2. The average molecular weight is 318 g/mol. The molecule has 0 spiro atoms. The van der Waals surface area contributed by atoms with Gasteiger partial charge in [0.15, 0.2) is 0 Å². The molecule has 100 valence electrons. The maximum Gasteiger partial charge on any atom is 0.104 e. The van der Waals surface area contributed by atoms with Gasteiger partial charge in [-0.25, -0.2) is 4.98 Å². The fourth-order valence-corrected chi connectivity index (χ4v) is 3.85. The van der Waals surface area contributed by atoms with Crippen molar-refractivity contribution in [3.05, 3.63) is 70.0 Å². The molecule has 3 aromatic rings. The lowest BCUT2D eigenvalue weighted by Crippen LogP contribution is -1.81. The molecule has 0 radical (unpaired) electrons. The Morgan fingerprint density at radius 2 is 1.90 bits per heavy atom. The first-order valence-electron chi connectivity index (χ1n) is 6.19. The highest BCUT2D eigenvalue weighted by Gasteiger charge is 2.05. The molecule has 1 aromatic heterocycles. The van der Waals surface area contributed by atoms with Crippen LogP contribution in [0, 0.1) is 0 Å². The average Bonchev–Trinajstić information content (AvgIpc) is 2.95. The van der Waals surface area contributed by atoms with Crippen molar-refractivity contribution >= 4 is 34.7 Å². The number of benzene rings is 2. The van der Waals surface area contributed by atoms with E-state index in [0.717, 1.165) is 21.5 Å². The number of aromatic nitrogens is 1. The van der Waals surface area contributed by atoms with Crippen LogP contribution in [0.3, 0.4) is 0 Å². The second-order valence-corrected chi connectivity index (χ2v) is 6.67. The first-order valence-corrected chi connectivity index (χ1v) is 8.44. The first kappa shape index (κ1) is 13.7. The van der Waals surface area contributed by atoms with Crippen LogP contribution in [0.1, 0.15) is 5.01 Å².